The van der Waals surface area contributed by atoms with Crippen LogP contribution in [0.5, 0.6) is 0 Å². The summed E-state index contributed by atoms with van der Waals surface area (Å²) < 4.78 is 5.54. The van der Waals surface area contributed by atoms with Crippen LogP contribution in [0.4, 0.5) is 0 Å². The van der Waals surface area contributed by atoms with Gasteiger partial charge in [0.15, 0.2) is 0 Å². The highest BCUT2D eigenvalue weighted by molar-refractivity contribution is 4.87. The minimum Gasteiger partial charge on any atom is -0.381 e. The van der Waals surface area contributed by atoms with Crippen molar-refractivity contribution in [2.45, 2.75) is 27.2 Å². The molecule has 0 aromatic carbocycles. The predicted molar refractivity (Wildman–Crippen MR) is 51.3 cm³/mol. The molecule has 1 aliphatic heterocycles. The monoisotopic (exact) mass is 171 g/mol. The van der Waals surface area contributed by atoms with Gasteiger partial charge in [0, 0.05) is 26.3 Å². The first-order valence-corrected chi connectivity index (χ1v) is 4.91. The number of rotatable bonds is 5. The van der Waals surface area contributed by atoms with Crippen LogP contribution in [-0.4, -0.2) is 26.3 Å². The molecule has 72 valence electrons. The lowest BCUT2D eigenvalue weighted by atomic mass is 9.81. The fraction of sp³-hybridized carbons (Fsp3) is 1.00. The fourth-order valence-electron chi connectivity index (χ4n) is 1.37. The van der Waals surface area contributed by atoms with Crippen LogP contribution < -0.4 is 5.32 Å². The van der Waals surface area contributed by atoms with Crippen molar-refractivity contribution in [1.29, 1.82) is 0 Å². The molecule has 0 bridgehead atoms. The Hall–Kier alpha value is -0.0800. The van der Waals surface area contributed by atoms with Crippen LogP contribution in [0.1, 0.15) is 27.2 Å². The van der Waals surface area contributed by atoms with E-state index in [-0.39, 0.29) is 0 Å². The van der Waals surface area contributed by atoms with E-state index in [2.05, 4.69) is 26.1 Å². The molecular formula is C10H21NO. The lowest BCUT2D eigenvalue weighted by Gasteiger charge is -2.39. The second-order valence-electron chi connectivity index (χ2n) is 4.63. The standard InChI is InChI=1S/C10H21NO/c1-9(2)6-12-5-4-10(3)7-11-8-10/h9,11H,4-8H2,1-3H3. The fourth-order valence-corrected chi connectivity index (χ4v) is 1.37. The first kappa shape index (κ1) is 10.0. The summed E-state index contributed by atoms with van der Waals surface area (Å²) in [6.07, 6.45) is 1.20. The van der Waals surface area contributed by atoms with E-state index >= 15 is 0 Å². The van der Waals surface area contributed by atoms with E-state index in [0.29, 0.717) is 11.3 Å². The van der Waals surface area contributed by atoms with E-state index in [1.54, 1.807) is 0 Å². The summed E-state index contributed by atoms with van der Waals surface area (Å²) in [5, 5.41) is 3.30. The highest BCUT2D eigenvalue weighted by Gasteiger charge is 2.30. The summed E-state index contributed by atoms with van der Waals surface area (Å²) >= 11 is 0. The van der Waals surface area contributed by atoms with Crippen molar-refractivity contribution >= 4 is 0 Å². The molecule has 1 N–H and O–H groups in total. The molecule has 0 unspecified atom stereocenters. The van der Waals surface area contributed by atoms with Crippen molar-refractivity contribution in [1.82, 2.24) is 5.32 Å². The van der Waals surface area contributed by atoms with Gasteiger partial charge in [-0.3, -0.25) is 0 Å². The van der Waals surface area contributed by atoms with Gasteiger partial charge in [-0.1, -0.05) is 20.8 Å². The van der Waals surface area contributed by atoms with Gasteiger partial charge in [-0.05, 0) is 17.8 Å². The lowest BCUT2D eigenvalue weighted by Crippen LogP contribution is -2.51. The zero-order valence-electron chi connectivity index (χ0n) is 8.52. The topological polar surface area (TPSA) is 21.3 Å². The quantitative estimate of drug-likeness (QED) is 0.635. The molecule has 0 aromatic rings. The number of hydrogen-bond acceptors (Lipinski definition) is 2. The molecule has 1 aliphatic rings. The molecule has 0 saturated carbocycles. The van der Waals surface area contributed by atoms with Crippen LogP contribution in [0.25, 0.3) is 0 Å². The molecular weight excluding hydrogens is 150 g/mol. The van der Waals surface area contributed by atoms with E-state index in [1.165, 1.54) is 6.42 Å². The van der Waals surface area contributed by atoms with Gasteiger partial charge in [0.2, 0.25) is 0 Å². The van der Waals surface area contributed by atoms with Crippen LogP contribution in [0.15, 0.2) is 0 Å². The molecule has 1 fully saturated rings. The maximum Gasteiger partial charge on any atom is 0.0488 e. The Morgan fingerprint density at radius 3 is 2.50 bits per heavy atom. The minimum absolute atomic E-state index is 0.525. The molecule has 0 aliphatic carbocycles. The van der Waals surface area contributed by atoms with E-state index < -0.39 is 0 Å². The summed E-state index contributed by atoms with van der Waals surface area (Å²) in [6.45, 7) is 10.9. The molecule has 2 nitrogen and oxygen atoms in total. The Kier molecular flexibility index (Phi) is 3.53. The van der Waals surface area contributed by atoms with Gasteiger partial charge < -0.3 is 10.1 Å². The highest BCUT2D eigenvalue weighted by Crippen LogP contribution is 2.25. The normalized spacial score (nSPS) is 21.0. The Bertz CT molecular complexity index is 130. The molecule has 2 heteroatoms. The third-order valence-electron chi connectivity index (χ3n) is 2.40. The zero-order chi connectivity index (χ0) is 9.03. The second kappa shape index (κ2) is 4.24. The molecule has 0 radical (unpaired) electrons. The van der Waals surface area contributed by atoms with Crippen molar-refractivity contribution in [3.05, 3.63) is 0 Å². The SMILES string of the molecule is CC(C)COCCC1(C)CNC1. The Labute approximate surface area is 75.7 Å². The van der Waals surface area contributed by atoms with E-state index in [0.717, 1.165) is 26.3 Å². The first-order chi connectivity index (χ1) is 5.62. The maximum absolute atomic E-state index is 5.54. The Morgan fingerprint density at radius 2 is 2.08 bits per heavy atom. The van der Waals surface area contributed by atoms with Crippen LogP contribution in [0.2, 0.25) is 0 Å². The summed E-state index contributed by atoms with van der Waals surface area (Å²) in [5.74, 6) is 0.664. The number of hydrogen-bond donors (Lipinski definition) is 1. The number of ether oxygens (including phenoxy) is 1. The molecule has 1 rings (SSSR count). The van der Waals surface area contributed by atoms with Crippen molar-refractivity contribution in [2.75, 3.05) is 26.3 Å². The van der Waals surface area contributed by atoms with E-state index in [4.69, 9.17) is 4.74 Å². The lowest BCUT2D eigenvalue weighted by molar-refractivity contribution is 0.0624. The average molecular weight is 171 g/mol. The average Bonchev–Trinajstić information content (AvgIpc) is 1.94. The second-order valence-corrected chi connectivity index (χ2v) is 4.63. The van der Waals surface area contributed by atoms with E-state index in [1.807, 2.05) is 0 Å². The van der Waals surface area contributed by atoms with Crippen LogP contribution >= 0.6 is 0 Å². The third kappa shape index (κ3) is 3.11. The molecule has 0 amide bonds. The van der Waals surface area contributed by atoms with Gasteiger partial charge >= 0.3 is 0 Å². The van der Waals surface area contributed by atoms with Crippen LogP contribution in [-0.2, 0) is 4.74 Å². The van der Waals surface area contributed by atoms with Gasteiger partial charge in [0.05, 0.1) is 0 Å². The van der Waals surface area contributed by atoms with Crippen LogP contribution in [0.3, 0.4) is 0 Å². The van der Waals surface area contributed by atoms with Gasteiger partial charge in [0.25, 0.3) is 0 Å². The summed E-state index contributed by atoms with van der Waals surface area (Å²) in [4.78, 5) is 0. The van der Waals surface area contributed by atoms with Crippen molar-refractivity contribution < 1.29 is 4.74 Å². The largest absolute Gasteiger partial charge is 0.381 e. The summed E-state index contributed by atoms with van der Waals surface area (Å²) in [6, 6.07) is 0. The summed E-state index contributed by atoms with van der Waals surface area (Å²) in [7, 11) is 0. The minimum atomic E-state index is 0.525. The van der Waals surface area contributed by atoms with Gasteiger partial charge in [0.1, 0.15) is 0 Å². The molecule has 0 aromatic heterocycles. The predicted octanol–water partition coefficient (Wildman–Crippen LogP) is 1.66. The molecule has 1 saturated heterocycles. The highest BCUT2D eigenvalue weighted by atomic mass is 16.5. The molecule has 1 heterocycles. The zero-order valence-corrected chi connectivity index (χ0v) is 8.52. The van der Waals surface area contributed by atoms with Crippen molar-refractivity contribution in [3.63, 3.8) is 0 Å². The van der Waals surface area contributed by atoms with Gasteiger partial charge in [-0.15, -0.1) is 0 Å². The summed E-state index contributed by atoms with van der Waals surface area (Å²) in [5.41, 5.74) is 0.525. The first-order valence-electron chi connectivity index (χ1n) is 4.91. The maximum atomic E-state index is 5.54. The Balaban J connectivity index is 1.95. The van der Waals surface area contributed by atoms with Gasteiger partial charge in [-0.25, -0.2) is 0 Å². The number of nitrogens with one attached hydrogen (secondary N) is 1. The smallest absolute Gasteiger partial charge is 0.0488 e. The Morgan fingerprint density at radius 1 is 1.42 bits per heavy atom. The van der Waals surface area contributed by atoms with Gasteiger partial charge in [-0.2, -0.15) is 0 Å². The van der Waals surface area contributed by atoms with Crippen molar-refractivity contribution in [2.24, 2.45) is 11.3 Å². The third-order valence-corrected chi connectivity index (χ3v) is 2.40. The van der Waals surface area contributed by atoms with Crippen LogP contribution in [0, 0.1) is 11.3 Å². The molecule has 0 spiro atoms. The molecule has 0 atom stereocenters. The molecule has 12 heavy (non-hydrogen) atoms. The van der Waals surface area contributed by atoms with E-state index in [9.17, 15) is 0 Å². The van der Waals surface area contributed by atoms with Crippen molar-refractivity contribution in [3.8, 4) is 0 Å².